The number of hydrogen-bond donors (Lipinski definition) is 1. The Bertz CT molecular complexity index is 362. The van der Waals surface area contributed by atoms with Crippen LogP contribution in [0.5, 0.6) is 5.75 Å². The quantitative estimate of drug-likeness (QED) is 0.838. The number of aryl methyl sites for hydroxylation is 1. The molecule has 2 atom stereocenters. The predicted octanol–water partition coefficient (Wildman–Crippen LogP) is 3.60. The minimum atomic E-state index is 0.607. The van der Waals surface area contributed by atoms with Crippen LogP contribution in [-0.2, 0) is 0 Å². The summed E-state index contributed by atoms with van der Waals surface area (Å²) in [7, 11) is 1.73. The van der Waals surface area contributed by atoms with Gasteiger partial charge in [0.2, 0.25) is 0 Å². The van der Waals surface area contributed by atoms with E-state index in [1.54, 1.807) is 7.11 Å². The third kappa shape index (κ3) is 2.31. The van der Waals surface area contributed by atoms with Crippen molar-refractivity contribution in [2.24, 2.45) is 5.92 Å². The third-order valence-electron chi connectivity index (χ3n) is 3.56. The summed E-state index contributed by atoms with van der Waals surface area (Å²) in [6.07, 6.45) is 3.96. The van der Waals surface area contributed by atoms with Crippen LogP contribution >= 0.6 is 0 Å². The standard InChI is InChI=1S/C14H21NO/c1-10-7-8-14(16-3)13(9-10)15-12-6-4-5-11(12)2/h7-9,11-12,15H,4-6H2,1-3H3. The maximum Gasteiger partial charge on any atom is 0.141 e. The van der Waals surface area contributed by atoms with E-state index in [-0.39, 0.29) is 0 Å². The van der Waals surface area contributed by atoms with Crippen LogP contribution in [0.2, 0.25) is 0 Å². The lowest BCUT2D eigenvalue weighted by atomic mass is 10.1. The minimum absolute atomic E-state index is 0.607. The van der Waals surface area contributed by atoms with Crippen LogP contribution in [0, 0.1) is 12.8 Å². The molecular weight excluding hydrogens is 198 g/mol. The normalized spacial score (nSPS) is 24.4. The Morgan fingerprint density at radius 1 is 1.31 bits per heavy atom. The molecule has 2 heteroatoms. The Morgan fingerprint density at radius 2 is 2.12 bits per heavy atom. The summed E-state index contributed by atoms with van der Waals surface area (Å²) in [5, 5.41) is 3.63. The average Bonchev–Trinajstić information content (AvgIpc) is 2.65. The van der Waals surface area contributed by atoms with E-state index in [1.165, 1.54) is 24.8 Å². The van der Waals surface area contributed by atoms with Crippen molar-refractivity contribution in [1.82, 2.24) is 0 Å². The number of rotatable bonds is 3. The van der Waals surface area contributed by atoms with E-state index in [4.69, 9.17) is 4.74 Å². The summed E-state index contributed by atoms with van der Waals surface area (Å²) in [5.74, 6) is 1.72. The second-order valence-electron chi connectivity index (χ2n) is 4.86. The molecule has 0 radical (unpaired) electrons. The number of benzene rings is 1. The molecule has 2 nitrogen and oxygen atoms in total. The molecule has 1 saturated carbocycles. The van der Waals surface area contributed by atoms with Gasteiger partial charge in [-0.05, 0) is 43.4 Å². The Morgan fingerprint density at radius 3 is 2.75 bits per heavy atom. The fourth-order valence-electron chi connectivity index (χ4n) is 2.49. The molecule has 0 aliphatic heterocycles. The Labute approximate surface area is 98.0 Å². The van der Waals surface area contributed by atoms with Crippen LogP contribution in [0.25, 0.3) is 0 Å². The number of methoxy groups -OCH3 is 1. The molecule has 1 fully saturated rings. The molecule has 1 aromatic rings. The van der Waals surface area contributed by atoms with E-state index in [0.717, 1.165) is 17.4 Å². The Kier molecular flexibility index (Phi) is 3.37. The fourth-order valence-corrected chi connectivity index (χ4v) is 2.49. The highest BCUT2D eigenvalue weighted by atomic mass is 16.5. The summed E-state index contributed by atoms with van der Waals surface area (Å²) in [6.45, 7) is 4.44. The lowest BCUT2D eigenvalue weighted by Gasteiger charge is -2.20. The van der Waals surface area contributed by atoms with Crippen molar-refractivity contribution >= 4 is 5.69 Å². The van der Waals surface area contributed by atoms with Crippen molar-refractivity contribution < 1.29 is 4.74 Å². The molecule has 0 aromatic heterocycles. The van der Waals surface area contributed by atoms with Gasteiger partial charge in [0.25, 0.3) is 0 Å². The zero-order valence-corrected chi connectivity index (χ0v) is 10.4. The molecule has 0 saturated heterocycles. The van der Waals surface area contributed by atoms with E-state index in [1.807, 2.05) is 6.07 Å². The number of anilines is 1. The molecule has 0 amide bonds. The van der Waals surface area contributed by atoms with Gasteiger partial charge in [-0.2, -0.15) is 0 Å². The van der Waals surface area contributed by atoms with Crippen LogP contribution in [0.15, 0.2) is 18.2 Å². The van der Waals surface area contributed by atoms with Crippen LogP contribution < -0.4 is 10.1 Å². The first-order chi connectivity index (χ1) is 7.70. The van der Waals surface area contributed by atoms with Crippen molar-refractivity contribution in [2.45, 2.75) is 39.2 Å². The topological polar surface area (TPSA) is 21.3 Å². The smallest absolute Gasteiger partial charge is 0.141 e. The van der Waals surface area contributed by atoms with Crippen molar-refractivity contribution in [2.75, 3.05) is 12.4 Å². The number of hydrogen-bond acceptors (Lipinski definition) is 2. The Hall–Kier alpha value is -1.18. The lowest BCUT2D eigenvalue weighted by Crippen LogP contribution is -2.22. The van der Waals surface area contributed by atoms with Gasteiger partial charge in [-0.15, -0.1) is 0 Å². The molecule has 1 aliphatic rings. The largest absolute Gasteiger partial charge is 0.495 e. The first-order valence-corrected chi connectivity index (χ1v) is 6.12. The molecule has 0 heterocycles. The zero-order valence-electron chi connectivity index (χ0n) is 10.4. The predicted molar refractivity (Wildman–Crippen MR) is 68.2 cm³/mol. The van der Waals surface area contributed by atoms with E-state index >= 15 is 0 Å². The molecule has 16 heavy (non-hydrogen) atoms. The first-order valence-electron chi connectivity index (χ1n) is 6.12. The van der Waals surface area contributed by atoms with Gasteiger partial charge in [0.15, 0.2) is 0 Å². The molecule has 88 valence electrons. The molecule has 0 bridgehead atoms. The van der Waals surface area contributed by atoms with Gasteiger partial charge in [0.1, 0.15) is 5.75 Å². The van der Waals surface area contributed by atoms with Gasteiger partial charge in [0.05, 0.1) is 12.8 Å². The molecule has 2 rings (SSSR count). The zero-order chi connectivity index (χ0) is 11.5. The summed E-state index contributed by atoms with van der Waals surface area (Å²) in [4.78, 5) is 0. The van der Waals surface area contributed by atoms with Gasteiger partial charge >= 0.3 is 0 Å². The summed E-state index contributed by atoms with van der Waals surface area (Å²) < 4.78 is 5.38. The third-order valence-corrected chi connectivity index (χ3v) is 3.56. The van der Waals surface area contributed by atoms with Crippen molar-refractivity contribution in [3.05, 3.63) is 23.8 Å². The summed E-state index contributed by atoms with van der Waals surface area (Å²) in [5.41, 5.74) is 2.41. The van der Waals surface area contributed by atoms with Gasteiger partial charge < -0.3 is 10.1 Å². The minimum Gasteiger partial charge on any atom is -0.495 e. The van der Waals surface area contributed by atoms with Gasteiger partial charge in [-0.3, -0.25) is 0 Å². The summed E-state index contributed by atoms with van der Waals surface area (Å²) >= 11 is 0. The number of ether oxygens (including phenoxy) is 1. The molecule has 2 unspecified atom stereocenters. The van der Waals surface area contributed by atoms with Crippen LogP contribution in [0.4, 0.5) is 5.69 Å². The lowest BCUT2D eigenvalue weighted by molar-refractivity contribution is 0.415. The van der Waals surface area contributed by atoms with Gasteiger partial charge in [0, 0.05) is 6.04 Å². The maximum atomic E-state index is 5.38. The monoisotopic (exact) mass is 219 g/mol. The molecule has 1 aliphatic carbocycles. The van der Waals surface area contributed by atoms with Crippen molar-refractivity contribution in [1.29, 1.82) is 0 Å². The Balaban J connectivity index is 2.16. The van der Waals surface area contributed by atoms with Crippen LogP contribution in [-0.4, -0.2) is 13.2 Å². The van der Waals surface area contributed by atoms with E-state index in [0.29, 0.717) is 6.04 Å². The van der Waals surface area contributed by atoms with E-state index in [2.05, 4.69) is 31.3 Å². The highest BCUT2D eigenvalue weighted by molar-refractivity contribution is 5.58. The molecule has 1 N–H and O–H groups in total. The molecule has 0 spiro atoms. The second-order valence-corrected chi connectivity index (χ2v) is 4.86. The molecule has 1 aromatic carbocycles. The van der Waals surface area contributed by atoms with Crippen molar-refractivity contribution in [3.63, 3.8) is 0 Å². The summed E-state index contributed by atoms with van der Waals surface area (Å²) in [6, 6.07) is 6.90. The first kappa shape index (κ1) is 11.3. The highest BCUT2D eigenvalue weighted by Crippen LogP contribution is 2.32. The SMILES string of the molecule is COc1ccc(C)cc1NC1CCCC1C. The average molecular weight is 219 g/mol. The second kappa shape index (κ2) is 4.77. The van der Waals surface area contributed by atoms with Crippen LogP contribution in [0.3, 0.4) is 0 Å². The van der Waals surface area contributed by atoms with Crippen LogP contribution in [0.1, 0.15) is 31.7 Å². The maximum absolute atomic E-state index is 5.38. The van der Waals surface area contributed by atoms with Gasteiger partial charge in [-0.1, -0.05) is 19.4 Å². The fraction of sp³-hybridized carbons (Fsp3) is 0.571. The van der Waals surface area contributed by atoms with E-state index < -0.39 is 0 Å². The number of nitrogens with one attached hydrogen (secondary N) is 1. The van der Waals surface area contributed by atoms with Crippen molar-refractivity contribution in [3.8, 4) is 5.75 Å². The molecular formula is C14H21NO. The van der Waals surface area contributed by atoms with Gasteiger partial charge in [-0.25, -0.2) is 0 Å². The van der Waals surface area contributed by atoms with E-state index in [9.17, 15) is 0 Å². The highest BCUT2D eigenvalue weighted by Gasteiger charge is 2.23.